The fourth-order valence-corrected chi connectivity index (χ4v) is 1.62. The molecule has 0 saturated heterocycles. The van der Waals surface area contributed by atoms with E-state index >= 15 is 0 Å². The summed E-state index contributed by atoms with van der Waals surface area (Å²) >= 11 is 0. The van der Waals surface area contributed by atoms with E-state index in [0.29, 0.717) is 0 Å². The van der Waals surface area contributed by atoms with Crippen molar-refractivity contribution < 1.29 is 29.3 Å². The lowest BCUT2D eigenvalue weighted by Gasteiger charge is -2.07. The van der Waals surface area contributed by atoms with Gasteiger partial charge in [0, 0.05) is 5.57 Å². The van der Waals surface area contributed by atoms with Crippen LogP contribution in [0.15, 0.2) is 60.7 Å². The van der Waals surface area contributed by atoms with Gasteiger partial charge < -0.3 is 19.7 Å². The van der Waals surface area contributed by atoms with E-state index in [0.717, 1.165) is 0 Å². The van der Waals surface area contributed by atoms with Gasteiger partial charge in [-0.15, -0.1) is 0 Å². The highest BCUT2D eigenvalue weighted by Gasteiger charge is 2.15. The Morgan fingerprint density at radius 2 is 1.26 bits per heavy atom. The number of carbonyl (C=O) groups excluding carboxylic acids is 2. The van der Waals surface area contributed by atoms with Gasteiger partial charge in [-0.2, -0.15) is 0 Å². The molecule has 23 heavy (non-hydrogen) atoms. The first-order valence-electron chi connectivity index (χ1n) is 6.63. The van der Waals surface area contributed by atoms with Gasteiger partial charge in [-0.3, -0.25) is 4.79 Å². The van der Waals surface area contributed by atoms with Gasteiger partial charge in [0.2, 0.25) is 0 Å². The zero-order chi connectivity index (χ0) is 16.8. The van der Waals surface area contributed by atoms with Crippen LogP contribution in [0, 0.1) is 0 Å². The third kappa shape index (κ3) is 4.89. The van der Waals surface area contributed by atoms with Gasteiger partial charge in [-0.1, -0.05) is 6.58 Å². The maximum atomic E-state index is 11.8. The molecule has 0 heterocycles. The summed E-state index contributed by atoms with van der Waals surface area (Å²) in [6, 6.07) is 11.1. The first-order chi connectivity index (χ1) is 10.9. The van der Waals surface area contributed by atoms with Gasteiger partial charge in [0.25, 0.3) is 0 Å². The molecule has 0 radical (unpaired) electrons. The quantitative estimate of drug-likeness (QED) is 0.500. The molecule has 0 amide bonds. The largest absolute Gasteiger partial charge is 0.508 e. The molecule has 0 unspecified atom stereocenters. The summed E-state index contributed by atoms with van der Waals surface area (Å²) in [6.07, 6.45) is -0.336. The molecule has 2 aromatic rings. The van der Waals surface area contributed by atoms with Crippen molar-refractivity contribution in [2.45, 2.75) is 6.42 Å². The van der Waals surface area contributed by atoms with Crippen LogP contribution in [0.3, 0.4) is 0 Å². The van der Waals surface area contributed by atoms with Crippen molar-refractivity contribution in [2.24, 2.45) is 0 Å². The number of hydrogen-bond donors (Lipinski definition) is 2. The zero-order valence-electron chi connectivity index (χ0n) is 12.1. The molecule has 2 rings (SSSR count). The monoisotopic (exact) mass is 314 g/mol. The Morgan fingerprint density at radius 1 is 0.826 bits per heavy atom. The number of phenols is 2. The number of benzene rings is 2. The second-order valence-electron chi connectivity index (χ2n) is 4.63. The topological polar surface area (TPSA) is 93.1 Å². The fraction of sp³-hybridized carbons (Fsp3) is 0.0588. The summed E-state index contributed by atoms with van der Waals surface area (Å²) in [5.41, 5.74) is -0.0677. The molecule has 6 heteroatoms. The van der Waals surface area contributed by atoms with Crippen LogP contribution in [0.25, 0.3) is 0 Å². The number of hydrogen-bond acceptors (Lipinski definition) is 6. The van der Waals surface area contributed by atoms with Crippen LogP contribution in [-0.2, 0) is 9.59 Å². The Bertz CT molecular complexity index is 716. The SMILES string of the molecule is C=C(CC(=O)Oc1ccc(O)cc1)C(=O)Oc1ccc(O)cc1. The Balaban J connectivity index is 1.87. The maximum Gasteiger partial charge on any atom is 0.339 e. The van der Waals surface area contributed by atoms with Crippen LogP contribution in [0.1, 0.15) is 6.42 Å². The van der Waals surface area contributed by atoms with Crippen molar-refractivity contribution >= 4 is 11.9 Å². The summed E-state index contributed by atoms with van der Waals surface area (Å²) in [6.45, 7) is 3.50. The molecule has 0 bridgehead atoms. The summed E-state index contributed by atoms with van der Waals surface area (Å²) in [5, 5.41) is 18.3. The molecule has 0 aliphatic carbocycles. The molecule has 6 nitrogen and oxygen atoms in total. The van der Waals surface area contributed by atoms with Gasteiger partial charge in [0.1, 0.15) is 23.0 Å². The molecular formula is C17H14O6. The molecule has 0 saturated carbocycles. The van der Waals surface area contributed by atoms with Gasteiger partial charge in [-0.25, -0.2) is 4.79 Å². The molecule has 2 aromatic carbocycles. The molecular weight excluding hydrogens is 300 g/mol. The molecule has 0 fully saturated rings. The highest BCUT2D eigenvalue weighted by molar-refractivity contribution is 5.94. The minimum atomic E-state index is -0.765. The smallest absolute Gasteiger partial charge is 0.339 e. The number of phenolic OH excluding ortho intramolecular Hbond substituents is 2. The van der Waals surface area contributed by atoms with E-state index in [1.807, 2.05) is 0 Å². The van der Waals surface area contributed by atoms with E-state index in [-0.39, 0.29) is 35.0 Å². The van der Waals surface area contributed by atoms with Crippen molar-refractivity contribution in [1.29, 1.82) is 0 Å². The normalized spacial score (nSPS) is 9.91. The van der Waals surface area contributed by atoms with E-state index in [9.17, 15) is 9.59 Å². The molecule has 118 valence electrons. The predicted octanol–water partition coefficient (Wildman–Crippen LogP) is 2.56. The number of esters is 2. The lowest BCUT2D eigenvalue weighted by Crippen LogP contribution is -2.16. The van der Waals surface area contributed by atoms with Crippen LogP contribution in [0.4, 0.5) is 0 Å². The van der Waals surface area contributed by atoms with Crippen molar-refractivity contribution in [3.8, 4) is 23.0 Å². The first kappa shape index (κ1) is 16.1. The highest BCUT2D eigenvalue weighted by atomic mass is 16.5. The zero-order valence-corrected chi connectivity index (χ0v) is 12.1. The predicted molar refractivity (Wildman–Crippen MR) is 81.2 cm³/mol. The Labute approximate surface area is 132 Å². The van der Waals surface area contributed by atoms with Crippen molar-refractivity contribution in [1.82, 2.24) is 0 Å². The van der Waals surface area contributed by atoms with Gasteiger partial charge in [-0.05, 0) is 48.5 Å². The number of carbonyl (C=O) groups is 2. The minimum absolute atomic E-state index is 0.0427. The molecule has 0 spiro atoms. The van der Waals surface area contributed by atoms with E-state index in [2.05, 4.69) is 6.58 Å². The maximum absolute atomic E-state index is 11.8. The Hall–Kier alpha value is -3.28. The highest BCUT2D eigenvalue weighted by Crippen LogP contribution is 2.19. The average molecular weight is 314 g/mol. The van der Waals surface area contributed by atoms with Crippen LogP contribution in [0.5, 0.6) is 23.0 Å². The van der Waals surface area contributed by atoms with Crippen molar-refractivity contribution in [3.63, 3.8) is 0 Å². The fourth-order valence-electron chi connectivity index (χ4n) is 1.62. The summed E-state index contributed by atoms with van der Waals surface area (Å²) in [7, 11) is 0. The van der Waals surface area contributed by atoms with Crippen LogP contribution in [0.2, 0.25) is 0 Å². The minimum Gasteiger partial charge on any atom is -0.508 e. The van der Waals surface area contributed by atoms with Gasteiger partial charge >= 0.3 is 11.9 Å². The molecule has 0 aliphatic rings. The summed E-state index contributed by atoms with van der Waals surface area (Å²) in [4.78, 5) is 23.5. The summed E-state index contributed by atoms with van der Waals surface area (Å²) < 4.78 is 10.0. The van der Waals surface area contributed by atoms with E-state index in [4.69, 9.17) is 19.7 Å². The Kier molecular flexibility index (Phi) is 4.99. The summed E-state index contributed by atoms with van der Waals surface area (Å²) in [5.74, 6) is -0.886. The lowest BCUT2D eigenvalue weighted by atomic mass is 10.2. The molecule has 2 N–H and O–H groups in total. The average Bonchev–Trinajstić information content (AvgIpc) is 2.51. The van der Waals surface area contributed by atoms with Crippen molar-refractivity contribution in [2.75, 3.05) is 0 Å². The number of aromatic hydroxyl groups is 2. The lowest BCUT2D eigenvalue weighted by molar-refractivity contribution is -0.136. The third-order valence-electron chi connectivity index (χ3n) is 2.76. The van der Waals surface area contributed by atoms with E-state index < -0.39 is 11.9 Å². The van der Waals surface area contributed by atoms with Crippen LogP contribution < -0.4 is 9.47 Å². The molecule has 0 aromatic heterocycles. The van der Waals surface area contributed by atoms with Crippen LogP contribution >= 0.6 is 0 Å². The van der Waals surface area contributed by atoms with E-state index in [1.54, 1.807) is 0 Å². The molecule has 0 aliphatic heterocycles. The second-order valence-corrected chi connectivity index (χ2v) is 4.63. The van der Waals surface area contributed by atoms with Crippen molar-refractivity contribution in [3.05, 3.63) is 60.7 Å². The third-order valence-corrected chi connectivity index (χ3v) is 2.76. The number of ether oxygens (including phenoxy) is 2. The van der Waals surface area contributed by atoms with Crippen LogP contribution in [-0.4, -0.2) is 22.2 Å². The standard InChI is InChI=1S/C17H14O6/c1-11(17(21)23-15-8-4-13(19)5-9-15)10-16(20)22-14-6-2-12(18)3-7-14/h2-9,18-19H,1,10H2. The number of rotatable bonds is 5. The Morgan fingerprint density at radius 3 is 1.74 bits per heavy atom. The van der Waals surface area contributed by atoms with Gasteiger partial charge in [0.05, 0.1) is 6.42 Å². The van der Waals surface area contributed by atoms with E-state index in [1.165, 1.54) is 48.5 Å². The van der Waals surface area contributed by atoms with Gasteiger partial charge in [0.15, 0.2) is 0 Å². The first-order valence-corrected chi connectivity index (χ1v) is 6.63. The second kappa shape index (κ2) is 7.13. The molecule has 0 atom stereocenters.